The normalized spacial score (nSPS) is 21.4. The summed E-state index contributed by atoms with van der Waals surface area (Å²) in [6, 6.07) is -0.201. The molecule has 2 aromatic heterocycles. The van der Waals surface area contributed by atoms with Crippen molar-refractivity contribution in [1.82, 2.24) is 24.8 Å². The maximum Gasteiger partial charge on any atom is 0.257 e. The molecule has 7 heteroatoms. The molecule has 1 N–H and O–H groups in total. The molecule has 2 aromatic rings. The molecule has 1 aliphatic carbocycles. The van der Waals surface area contributed by atoms with E-state index in [1.54, 1.807) is 23.5 Å². The van der Waals surface area contributed by atoms with Crippen molar-refractivity contribution in [1.29, 1.82) is 0 Å². The third kappa shape index (κ3) is 2.84. The quantitative estimate of drug-likeness (QED) is 0.930. The van der Waals surface area contributed by atoms with Crippen molar-refractivity contribution in [2.24, 2.45) is 0 Å². The maximum atomic E-state index is 12.8. The maximum absolute atomic E-state index is 12.8. The molecule has 2 fully saturated rings. The Kier molecular flexibility index (Phi) is 3.57. The number of H-pyrrole nitrogens is 1. The Morgan fingerprint density at radius 1 is 1.26 bits per heavy atom. The number of aromatic nitrogens is 4. The molecule has 120 valence electrons. The fourth-order valence-electron chi connectivity index (χ4n) is 2.84. The molecular weight excluding hydrogens is 294 g/mol. The van der Waals surface area contributed by atoms with Crippen molar-refractivity contribution in [3.63, 3.8) is 0 Å². The number of imidazole rings is 1. The lowest BCUT2D eigenvalue weighted by molar-refractivity contribution is -0.00505. The van der Waals surface area contributed by atoms with Gasteiger partial charge in [0.05, 0.1) is 18.8 Å². The molecule has 1 saturated carbocycles. The number of nitrogens with one attached hydrogen (secondary N) is 1. The van der Waals surface area contributed by atoms with Crippen LogP contribution in [0.3, 0.4) is 0 Å². The molecule has 23 heavy (non-hydrogen) atoms. The second kappa shape index (κ2) is 5.73. The van der Waals surface area contributed by atoms with Crippen molar-refractivity contribution < 1.29 is 9.53 Å². The Hall–Kier alpha value is -2.28. The first-order valence-corrected chi connectivity index (χ1v) is 7.94. The molecule has 7 nitrogen and oxygen atoms in total. The lowest BCUT2D eigenvalue weighted by Gasteiger charge is -2.34. The second-order valence-corrected chi connectivity index (χ2v) is 6.14. The average Bonchev–Trinajstić information content (AvgIpc) is 3.36. The zero-order valence-corrected chi connectivity index (χ0v) is 13.0. The van der Waals surface area contributed by atoms with E-state index in [0.29, 0.717) is 31.2 Å². The smallest absolute Gasteiger partial charge is 0.257 e. The minimum absolute atomic E-state index is 0.0744. The van der Waals surface area contributed by atoms with Crippen LogP contribution in [0.15, 0.2) is 18.6 Å². The highest BCUT2D eigenvalue weighted by Gasteiger charge is 2.32. The van der Waals surface area contributed by atoms with Crippen molar-refractivity contribution in [3.8, 4) is 0 Å². The largest absolute Gasteiger partial charge is 0.377 e. The predicted molar refractivity (Wildman–Crippen MR) is 81.9 cm³/mol. The molecule has 0 bridgehead atoms. The Morgan fingerprint density at radius 2 is 2.04 bits per heavy atom. The molecule has 0 aromatic carbocycles. The van der Waals surface area contributed by atoms with Crippen molar-refractivity contribution in [3.05, 3.63) is 41.5 Å². The summed E-state index contributed by atoms with van der Waals surface area (Å²) in [5.74, 6) is 2.02. The van der Waals surface area contributed by atoms with E-state index in [1.807, 2.05) is 6.92 Å². The van der Waals surface area contributed by atoms with Gasteiger partial charge < -0.3 is 14.6 Å². The first-order chi connectivity index (χ1) is 11.2. The van der Waals surface area contributed by atoms with Crippen LogP contribution >= 0.6 is 0 Å². The second-order valence-electron chi connectivity index (χ2n) is 6.14. The Labute approximate surface area is 134 Å². The van der Waals surface area contributed by atoms with Crippen LogP contribution in [-0.2, 0) is 4.74 Å². The summed E-state index contributed by atoms with van der Waals surface area (Å²) in [6.07, 6.45) is 7.35. The van der Waals surface area contributed by atoms with E-state index in [1.165, 1.54) is 0 Å². The van der Waals surface area contributed by atoms with Gasteiger partial charge in [0.2, 0.25) is 0 Å². The third-order valence-corrected chi connectivity index (χ3v) is 4.29. The molecule has 1 amide bonds. The number of aryl methyl sites for hydroxylation is 1. The summed E-state index contributed by atoms with van der Waals surface area (Å²) < 4.78 is 5.54. The number of hydrogen-bond acceptors (Lipinski definition) is 5. The first-order valence-electron chi connectivity index (χ1n) is 7.94. The minimum Gasteiger partial charge on any atom is -0.377 e. The number of carbonyl (C=O) groups is 1. The van der Waals surface area contributed by atoms with Crippen LogP contribution in [0, 0.1) is 6.92 Å². The molecular formula is C16H19N5O2. The van der Waals surface area contributed by atoms with Crippen LogP contribution in [0.4, 0.5) is 0 Å². The van der Waals surface area contributed by atoms with Crippen molar-refractivity contribution >= 4 is 5.91 Å². The van der Waals surface area contributed by atoms with Gasteiger partial charge in [-0.15, -0.1) is 0 Å². The van der Waals surface area contributed by atoms with Gasteiger partial charge >= 0.3 is 0 Å². The zero-order chi connectivity index (χ0) is 15.8. The van der Waals surface area contributed by atoms with E-state index in [2.05, 4.69) is 19.9 Å². The Balaban J connectivity index is 1.57. The van der Waals surface area contributed by atoms with Gasteiger partial charge in [0.25, 0.3) is 5.91 Å². The first kappa shape index (κ1) is 14.3. The van der Waals surface area contributed by atoms with Crippen molar-refractivity contribution in [2.45, 2.75) is 31.7 Å². The van der Waals surface area contributed by atoms with Gasteiger partial charge in [-0.2, -0.15) is 0 Å². The van der Waals surface area contributed by atoms with Crippen molar-refractivity contribution in [2.75, 3.05) is 19.8 Å². The number of rotatable bonds is 3. The van der Waals surface area contributed by atoms with Crippen LogP contribution in [0.2, 0.25) is 0 Å². The molecule has 0 spiro atoms. The van der Waals surface area contributed by atoms with Gasteiger partial charge in [-0.1, -0.05) is 0 Å². The summed E-state index contributed by atoms with van der Waals surface area (Å²) in [5, 5.41) is 0. The number of nitrogens with zero attached hydrogens (tertiary/aromatic N) is 4. The molecule has 0 radical (unpaired) electrons. The lowest BCUT2D eigenvalue weighted by Crippen LogP contribution is -2.44. The lowest BCUT2D eigenvalue weighted by atomic mass is 10.1. The molecule has 4 rings (SSSR count). The topological polar surface area (TPSA) is 84.0 Å². The van der Waals surface area contributed by atoms with Gasteiger partial charge in [-0.25, -0.2) is 15.0 Å². The van der Waals surface area contributed by atoms with E-state index < -0.39 is 0 Å². The average molecular weight is 313 g/mol. The number of ether oxygens (including phenoxy) is 1. The highest BCUT2D eigenvalue weighted by atomic mass is 16.5. The number of amides is 1. The highest BCUT2D eigenvalue weighted by Crippen LogP contribution is 2.37. The monoisotopic (exact) mass is 313 g/mol. The summed E-state index contributed by atoms with van der Waals surface area (Å²) in [5.41, 5.74) is 1.49. The van der Waals surface area contributed by atoms with Crippen LogP contribution in [0.1, 0.15) is 52.5 Å². The zero-order valence-electron chi connectivity index (χ0n) is 13.0. The summed E-state index contributed by atoms with van der Waals surface area (Å²) in [4.78, 5) is 30.9. The van der Waals surface area contributed by atoms with E-state index in [9.17, 15) is 4.79 Å². The van der Waals surface area contributed by atoms with Gasteiger partial charge in [-0.3, -0.25) is 4.79 Å². The summed E-state index contributed by atoms with van der Waals surface area (Å²) in [7, 11) is 0. The number of morpholine rings is 1. The van der Waals surface area contributed by atoms with Crippen LogP contribution < -0.4 is 0 Å². The van der Waals surface area contributed by atoms with E-state index in [0.717, 1.165) is 30.2 Å². The highest BCUT2D eigenvalue weighted by molar-refractivity contribution is 5.94. The van der Waals surface area contributed by atoms with Crippen LogP contribution in [-0.4, -0.2) is 50.5 Å². The fourth-order valence-corrected chi connectivity index (χ4v) is 2.84. The Morgan fingerprint density at radius 3 is 2.70 bits per heavy atom. The third-order valence-electron chi connectivity index (χ3n) is 4.29. The van der Waals surface area contributed by atoms with Crippen LogP contribution in [0.5, 0.6) is 0 Å². The van der Waals surface area contributed by atoms with Crippen LogP contribution in [0.25, 0.3) is 0 Å². The molecule has 1 atom stereocenters. The standard InChI is InChI=1S/C16H19N5O2/c1-10-6-17-15(20-10)13-9-23-5-4-21(13)16(22)12-7-18-14(19-8-12)11-2-3-11/h6-8,11,13H,2-5,9H2,1H3,(H,17,20). The molecule has 3 heterocycles. The van der Waals surface area contributed by atoms with E-state index >= 15 is 0 Å². The van der Waals surface area contributed by atoms with E-state index in [4.69, 9.17) is 4.74 Å². The van der Waals surface area contributed by atoms with Gasteiger partial charge in [-0.05, 0) is 19.8 Å². The molecule has 1 unspecified atom stereocenters. The summed E-state index contributed by atoms with van der Waals surface area (Å²) in [6.45, 7) is 3.45. The minimum atomic E-state index is -0.201. The number of aromatic amines is 1. The van der Waals surface area contributed by atoms with Gasteiger partial charge in [0.15, 0.2) is 0 Å². The molecule has 1 saturated heterocycles. The number of hydrogen-bond donors (Lipinski definition) is 1. The molecule has 2 aliphatic rings. The van der Waals surface area contributed by atoms with E-state index in [-0.39, 0.29) is 11.9 Å². The number of carbonyl (C=O) groups excluding carboxylic acids is 1. The summed E-state index contributed by atoms with van der Waals surface area (Å²) >= 11 is 0. The molecule has 1 aliphatic heterocycles. The Bertz CT molecular complexity index is 708. The SMILES string of the molecule is Cc1cnc(C2COCCN2C(=O)c2cnc(C3CC3)nc2)[nH]1. The van der Waals surface area contributed by atoms with Gasteiger partial charge in [0, 0.05) is 36.7 Å². The fraction of sp³-hybridized carbons (Fsp3) is 0.500. The van der Waals surface area contributed by atoms with Gasteiger partial charge in [0.1, 0.15) is 17.7 Å². The predicted octanol–water partition coefficient (Wildman–Crippen LogP) is 1.60.